The summed E-state index contributed by atoms with van der Waals surface area (Å²) in [7, 11) is 0. The van der Waals surface area contributed by atoms with E-state index in [1.165, 1.54) is 17.4 Å². The van der Waals surface area contributed by atoms with Gasteiger partial charge in [-0.1, -0.05) is 18.2 Å². The van der Waals surface area contributed by atoms with Crippen LogP contribution < -0.4 is 5.32 Å². The molecule has 0 spiro atoms. The van der Waals surface area contributed by atoms with Crippen molar-refractivity contribution in [1.29, 1.82) is 0 Å². The Labute approximate surface area is 124 Å². The number of thiophene rings is 1. The van der Waals surface area contributed by atoms with Crippen molar-refractivity contribution in [3.63, 3.8) is 0 Å². The average molecular weight is 302 g/mol. The number of halogens is 1. The number of rotatable bonds is 3. The Balaban J connectivity index is 1.83. The molecule has 1 aromatic heterocycles. The molecule has 2 heterocycles. The van der Waals surface area contributed by atoms with Gasteiger partial charge >= 0.3 is 6.03 Å². The maximum Gasteiger partial charge on any atom is 0.329 e. The van der Waals surface area contributed by atoms with Gasteiger partial charge in [0, 0.05) is 5.56 Å². The van der Waals surface area contributed by atoms with Gasteiger partial charge in [-0.05, 0) is 34.5 Å². The molecule has 21 heavy (non-hydrogen) atoms. The van der Waals surface area contributed by atoms with Gasteiger partial charge in [-0.15, -0.1) is 0 Å². The highest BCUT2D eigenvalue weighted by Gasteiger charge is 2.33. The van der Waals surface area contributed by atoms with Crippen LogP contribution in [0.25, 0.3) is 6.08 Å². The van der Waals surface area contributed by atoms with Gasteiger partial charge in [0.05, 0.1) is 6.54 Å². The summed E-state index contributed by atoms with van der Waals surface area (Å²) in [4.78, 5) is 25.1. The van der Waals surface area contributed by atoms with Crippen molar-refractivity contribution in [1.82, 2.24) is 10.2 Å². The first-order chi connectivity index (χ1) is 10.1. The number of urea groups is 1. The molecular formula is C15H11FN2O2S. The molecular weight excluding hydrogens is 291 g/mol. The van der Waals surface area contributed by atoms with Gasteiger partial charge in [0.1, 0.15) is 11.5 Å². The van der Waals surface area contributed by atoms with Crippen LogP contribution in [-0.4, -0.2) is 16.8 Å². The lowest BCUT2D eigenvalue weighted by atomic mass is 10.2. The number of carbonyl (C=O) groups is 2. The second-order valence-corrected chi connectivity index (χ2v) is 5.31. The average Bonchev–Trinajstić information content (AvgIpc) is 3.05. The number of imide groups is 1. The third kappa shape index (κ3) is 2.71. The monoisotopic (exact) mass is 302 g/mol. The zero-order chi connectivity index (χ0) is 14.8. The Bertz CT molecular complexity index is 725. The normalized spacial score (nSPS) is 16.6. The van der Waals surface area contributed by atoms with Gasteiger partial charge in [0.25, 0.3) is 5.91 Å². The summed E-state index contributed by atoms with van der Waals surface area (Å²) >= 11 is 1.50. The molecule has 3 amide bonds. The molecule has 1 aliphatic heterocycles. The molecule has 2 aromatic rings. The van der Waals surface area contributed by atoms with Crippen molar-refractivity contribution in [2.45, 2.75) is 6.54 Å². The highest BCUT2D eigenvalue weighted by molar-refractivity contribution is 7.08. The number of carbonyl (C=O) groups excluding carboxylic acids is 2. The third-order valence-corrected chi connectivity index (χ3v) is 3.80. The Morgan fingerprint density at radius 1 is 1.24 bits per heavy atom. The molecule has 4 nitrogen and oxygen atoms in total. The van der Waals surface area contributed by atoms with E-state index in [1.807, 2.05) is 16.8 Å². The van der Waals surface area contributed by atoms with Crippen molar-refractivity contribution in [3.05, 3.63) is 63.7 Å². The van der Waals surface area contributed by atoms with Gasteiger partial charge in [0.2, 0.25) is 0 Å². The summed E-state index contributed by atoms with van der Waals surface area (Å²) in [5.74, 6) is -0.886. The molecule has 0 atom stereocenters. The second kappa shape index (κ2) is 5.49. The maximum atomic E-state index is 13.6. The van der Waals surface area contributed by atoms with Crippen molar-refractivity contribution in [2.75, 3.05) is 0 Å². The van der Waals surface area contributed by atoms with E-state index in [-0.39, 0.29) is 12.2 Å². The van der Waals surface area contributed by atoms with E-state index in [0.717, 1.165) is 10.5 Å². The van der Waals surface area contributed by atoms with Crippen molar-refractivity contribution in [3.8, 4) is 0 Å². The Kier molecular flexibility index (Phi) is 3.53. The Morgan fingerprint density at radius 3 is 2.76 bits per heavy atom. The highest BCUT2D eigenvalue weighted by atomic mass is 32.1. The molecule has 0 aliphatic carbocycles. The van der Waals surface area contributed by atoms with Crippen LogP contribution in [-0.2, 0) is 11.3 Å². The van der Waals surface area contributed by atoms with Crippen LogP contribution in [0.3, 0.4) is 0 Å². The molecule has 3 rings (SSSR count). The number of nitrogens with zero attached hydrogens (tertiary/aromatic N) is 1. The molecule has 0 unspecified atom stereocenters. The lowest BCUT2D eigenvalue weighted by Crippen LogP contribution is -2.30. The Morgan fingerprint density at radius 2 is 2.05 bits per heavy atom. The first-order valence-electron chi connectivity index (χ1n) is 6.25. The molecule has 1 saturated heterocycles. The van der Waals surface area contributed by atoms with Crippen molar-refractivity contribution >= 4 is 29.4 Å². The van der Waals surface area contributed by atoms with Crippen LogP contribution in [0.2, 0.25) is 0 Å². The van der Waals surface area contributed by atoms with Crippen LogP contribution in [0.4, 0.5) is 9.18 Å². The molecule has 1 aliphatic rings. The van der Waals surface area contributed by atoms with E-state index in [4.69, 9.17) is 0 Å². The smallest absolute Gasteiger partial charge is 0.303 e. The standard InChI is InChI=1S/C15H11FN2O2S/c16-12-4-2-1-3-11(12)8-18-14(19)13(17-15(18)20)7-10-5-6-21-9-10/h1-7,9H,8H2,(H,17,20)/b13-7+. The van der Waals surface area contributed by atoms with E-state index in [9.17, 15) is 14.0 Å². The summed E-state index contributed by atoms with van der Waals surface area (Å²) in [5, 5.41) is 6.26. The number of hydrogen-bond donors (Lipinski definition) is 1. The lowest BCUT2D eigenvalue weighted by Gasteiger charge is -2.12. The molecule has 1 N–H and O–H groups in total. The van der Waals surface area contributed by atoms with Crippen LogP contribution in [0.15, 0.2) is 46.8 Å². The molecule has 1 fully saturated rings. The summed E-state index contributed by atoms with van der Waals surface area (Å²) in [6.45, 7) is -0.0850. The number of amides is 3. The summed E-state index contributed by atoms with van der Waals surface area (Å²) in [5.41, 5.74) is 1.35. The zero-order valence-electron chi connectivity index (χ0n) is 10.9. The first kappa shape index (κ1) is 13.5. The molecule has 0 saturated carbocycles. The van der Waals surface area contributed by atoms with Gasteiger partial charge < -0.3 is 5.32 Å². The number of benzene rings is 1. The molecule has 106 valence electrons. The Hall–Kier alpha value is -2.47. The second-order valence-electron chi connectivity index (χ2n) is 4.53. The summed E-state index contributed by atoms with van der Waals surface area (Å²) < 4.78 is 13.6. The van der Waals surface area contributed by atoms with Crippen LogP contribution >= 0.6 is 11.3 Å². The van der Waals surface area contributed by atoms with E-state index in [0.29, 0.717) is 5.56 Å². The fourth-order valence-corrected chi connectivity index (χ4v) is 2.65. The lowest BCUT2D eigenvalue weighted by molar-refractivity contribution is -0.123. The minimum Gasteiger partial charge on any atom is -0.303 e. The fourth-order valence-electron chi connectivity index (χ4n) is 2.04. The largest absolute Gasteiger partial charge is 0.329 e. The SMILES string of the molecule is O=C1N/C(=C/c2ccsc2)C(=O)N1Cc1ccccc1F. The predicted molar refractivity (Wildman–Crippen MR) is 77.8 cm³/mol. The van der Waals surface area contributed by atoms with E-state index < -0.39 is 17.8 Å². The van der Waals surface area contributed by atoms with E-state index in [1.54, 1.807) is 24.3 Å². The van der Waals surface area contributed by atoms with Gasteiger partial charge in [-0.3, -0.25) is 9.69 Å². The van der Waals surface area contributed by atoms with Crippen LogP contribution in [0.5, 0.6) is 0 Å². The molecule has 0 bridgehead atoms. The predicted octanol–water partition coefficient (Wildman–Crippen LogP) is 2.98. The topological polar surface area (TPSA) is 49.4 Å². The van der Waals surface area contributed by atoms with Gasteiger partial charge in [-0.25, -0.2) is 9.18 Å². The number of hydrogen-bond acceptors (Lipinski definition) is 3. The van der Waals surface area contributed by atoms with E-state index in [2.05, 4.69) is 5.32 Å². The molecule has 1 aromatic carbocycles. The quantitative estimate of drug-likeness (QED) is 0.700. The van der Waals surface area contributed by atoms with Crippen LogP contribution in [0, 0.1) is 5.82 Å². The molecule has 0 radical (unpaired) electrons. The van der Waals surface area contributed by atoms with Gasteiger partial charge in [0.15, 0.2) is 0 Å². The van der Waals surface area contributed by atoms with E-state index >= 15 is 0 Å². The van der Waals surface area contributed by atoms with Crippen molar-refractivity contribution in [2.24, 2.45) is 0 Å². The third-order valence-electron chi connectivity index (χ3n) is 3.10. The van der Waals surface area contributed by atoms with Crippen LogP contribution in [0.1, 0.15) is 11.1 Å². The summed E-state index contributed by atoms with van der Waals surface area (Å²) in [6.07, 6.45) is 1.61. The maximum absolute atomic E-state index is 13.6. The minimum absolute atomic E-state index is 0.0850. The number of nitrogens with one attached hydrogen (secondary N) is 1. The fraction of sp³-hybridized carbons (Fsp3) is 0.0667. The van der Waals surface area contributed by atoms with Crippen molar-refractivity contribution < 1.29 is 14.0 Å². The summed E-state index contributed by atoms with van der Waals surface area (Å²) in [6, 6.07) is 7.39. The first-order valence-corrected chi connectivity index (χ1v) is 7.19. The zero-order valence-corrected chi connectivity index (χ0v) is 11.7. The van der Waals surface area contributed by atoms with Gasteiger partial charge in [-0.2, -0.15) is 11.3 Å². The highest BCUT2D eigenvalue weighted by Crippen LogP contribution is 2.19. The molecule has 6 heteroatoms. The minimum atomic E-state index is -0.537.